The van der Waals surface area contributed by atoms with Gasteiger partial charge in [-0.3, -0.25) is 0 Å². The third-order valence-electron chi connectivity index (χ3n) is 3.25. The number of aromatic nitrogens is 1. The molecule has 0 saturated carbocycles. The zero-order chi connectivity index (χ0) is 21.2. The third-order valence-corrected chi connectivity index (χ3v) is 4.68. The van der Waals surface area contributed by atoms with E-state index in [1.807, 2.05) is 13.8 Å². The minimum absolute atomic E-state index is 0.0334. The Bertz CT molecular complexity index is 1050. The number of hydrogen-bond donors (Lipinski definition) is 0. The van der Waals surface area contributed by atoms with Gasteiger partial charge in [0, 0.05) is 5.39 Å². The molecule has 0 aliphatic carbocycles. The van der Waals surface area contributed by atoms with E-state index in [1.54, 1.807) is 0 Å². The Labute approximate surface area is 168 Å². The molecule has 3 nitrogen and oxygen atoms in total. The second kappa shape index (κ2) is 9.02. The van der Waals surface area contributed by atoms with Crippen LogP contribution in [0.5, 0.6) is 5.75 Å². The number of pyridine rings is 1. The number of fused-ring (bicyclic) bond motifs is 1. The van der Waals surface area contributed by atoms with E-state index < -0.39 is 45.9 Å². The Morgan fingerprint density at radius 1 is 0.893 bits per heavy atom. The van der Waals surface area contributed by atoms with Gasteiger partial charge in [-0.25, -0.2) is 22.4 Å². The molecule has 11 heteroatoms. The number of halogens is 7. The van der Waals surface area contributed by atoms with Crippen molar-refractivity contribution in [1.82, 2.24) is 4.98 Å². The molecule has 0 fully saturated rings. The highest BCUT2D eigenvalue weighted by molar-refractivity contribution is 7.80. The molecule has 0 N–H and O–H groups in total. The maximum absolute atomic E-state index is 13.6. The Morgan fingerprint density at radius 3 is 2.00 bits per heavy atom. The van der Waals surface area contributed by atoms with Crippen molar-refractivity contribution in [3.8, 4) is 5.75 Å². The molecule has 3 rings (SSSR count). The van der Waals surface area contributed by atoms with E-state index in [-0.39, 0.29) is 15.2 Å². The molecule has 150 valence electrons. The summed E-state index contributed by atoms with van der Waals surface area (Å²) >= 11 is 9.06. The molecule has 1 unspecified atom stereocenters. The second-order valence-corrected chi connectivity index (χ2v) is 6.69. The van der Waals surface area contributed by atoms with Crippen molar-refractivity contribution in [3.63, 3.8) is 0 Å². The van der Waals surface area contributed by atoms with Crippen molar-refractivity contribution in [1.29, 1.82) is 0 Å². The minimum atomic E-state index is -2.59. The highest BCUT2D eigenvalue weighted by Gasteiger charge is 2.28. The standard InChI is InChI=1S/C15H4Cl2F5NO2S.C2H6/c16-8-4-5-3-6(1-2-7(5)15(17)23-8)26(24)25-14-12(21)10(19)9(18)11(20)13(14)22;1-2/h1-4H;1-2H3. The van der Waals surface area contributed by atoms with Crippen LogP contribution >= 0.6 is 23.2 Å². The maximum Gasteiger partial charge on any atom is 0.240 e. The van der Waals surface area contributed by atoms with Crippen molar-refractivity contribution >= 4 is 45.1 Å². The summed E-state index contributed by atoms with van der Waals surface area (Å²) in [5, 5.41) is 0.909. The number of benzene rings is 2. The lowest BCUT2D eigenvalue weighted by atomic mass is 10.2. The lowest BCUT2D eigenvalue weighted by Crippen LogP contribution is -2.09. The summed E-state index contributed by atoms with van der Waals surface area (Å²) in [7, 11) is 0. The van der Waals surface area contributed by atoms with Gasteiger partial charge in [0.05, 0.1) is 4.90 Å². The fourth-order valence-electron chi connectivity index (χ4n) is 2.05. The average Bonchev–Trinajstić information content (AvgIpc) is 2.69. The van der Waals surface area contributed by atoms with E-state index in [4.69, 9.17) is 23.2 Å². The molecule has 0 amide bonds. The molecular formula is C17H10Cl2F5NO2S. The maximum atomic E-state index is 13.6. The van der Waals surface area contributed by atoms with Crippen LogP contribution in [0.15, 0.2) is 29.2 Å². The summed E-state index contributed by atoms with van der Waals surface area (Å²) < 4.78 is 83.3. The van der Waals surface area contributed by atoms with E-state index in [0.717, 1.165) is 0 Å². The van der Waals surface area contributed by atoms with Crippen LogP contribution in [0.4, 0.5) is 22.0 Å². The number of rotatable bonds is 3. The molecule has 1 atom stereocenters. The fourth-order valence-corrected chi connectivity index (χ4v) is 3.35. The first kappa shape index (κ1) is 22.3. The van der Waals surface area contributed by atoms with Gasteiger partial charge in [0.25, 0.3) is 0 Å². The van der Waals surface area contributed by atoms with E-state index in [2.05, 4.69) is 9.17 Å². The van der Waals surface area contributed by atoms with Crippen LogP contribution in [0.1, 0.15) is 13.8 Å². The van der Waals surface area contributed by atoms with Crippen LogP contribution < -0.4 is 4.18 Å². The van der Waals surface area contributed by atoms with Crippen LogP contribution in [-0.2, 0) is 11.1 Å². The largest absolute Gasteiger partial charge is 0.390 e. The normalized spacial score (nSPS) is 11.8. The SMILES string of the molecule is CC.O=S(Oc1c(F)c(F)c(F)c(F)c1F)c1ccc2c(Cl)nc(Cl)cc2c1. The summed E-state index contributed by atoms with van der Waals surface area (Å²) in [6.07, 6.45) is 0. The van der Waals surface area contributed by atoms with E-state index in [0.29, 0.717) is 10.8 Å². The van der Waals surface area contributed by atoms with Crippen molar-refractivity contribution in [2.24, 2.45) is 0 Å². The molecule has 0 spiro atoms. The highest BCUT2D eigenvalue weighted by Crippen LogP contribution is 2.31. The zero-order valence-corrected chi connectivity index (χ0v) is 16.5. The molecule has 1 heterocycles. The minimum Gasteiger partial charge on any atom is -0.390 e. The molecule has 2 aromatic carbocycles. The van der Waals surface area contributed by atoms with Gasteiger partial charge in [-0.2, -0.15) is 8.78 Å². The lowest BCUT2D eigenvalue weighted by Gasteiger charge is -2.10. The van der Waals surface area contributed by atoms with Gasteiger partial charge in [0.15, 0.2) is 0 Å². The Kier molecular flexibility index (Phi) is 7.19. The Morgan fingerprint density at radius 2 is 1.43 bits per heavy atom. The molecule has 1 aromatic heterocycles. The molecule has 0 saturated heterocycles. The van der Waals surface area contributed by atoms with Crippen molar-refractivity contribution < 1.29 is 30.3 Å². The molecule has 0 aliphatic rings. The Hall–Kier alpha value is -1.97. The van der Waals surface area contributed by atoms with Crippen molar-refractivity contribution in [2.75, 3.05) is 0 Å². The van der Waals surface area contributed by atoms with Crippen LogP contribution in [0.2, 0.25) is 10.3 Å². The van der Waals surface area contributed by atoms with Gasteiger partial charge < -0.3 is 4.18 Å². The first-order valence-electron chi connectivity index (χ1n) is 7.58. The summed E-state index contributed by atoms with van der Waals surface area (Å²) in [5.41, 5.74) is 0. The molecule has 3 aromatic rings. The second-order valence-electron chi connectivity index (χ2n) is 4.84. The summed E-state index contributed by atoms with van der Waals surface area (Å²) in [5.74, 6) is -12.9. The van der Waals surface area contributed by atoms with E-state index in [1.165, 1.54) is 24.3 Å². The molecule has 28 heavy (non-hydrogen) atoms. The van der Waals surface area contributed by atoms with E-state index in [9.17, 15) is 26.2 Å². The lowest BCUT2D eigenvalue weighted by molar-refractivity contribution is 0.352. The first-order chi connectivity index (χ1) is 13.2. The molecular weight excluding hydrogens is 448 g/mol. The molecule has 0 bridgehead atoms. The predicted octanol–water partition coefficient (Wildman–Crippen LogP) is 6.36. The van der Waals surface area contributed by atoms with Gasteiger partial charge in [0.2, 0.25) is 45.9 Å². The summed E-state index contributed by atoms with van der Waals surface area (Å²) in [6.45, 7) is 4.00. The van der Waals surface area contributed by atoms with Crippen LogP contribution in [0.25, 0.3) is 10.8 Å². The summed E-state index contributed by atoms with van der Waals surface area (Å²) in [6, 6.07) is 5.25. The van der Waals surface area contributed by atoms with Gasteiger partial charge in [0.1, 0.15) is 10.3 Å². The van der Waals surface area contributed by atoms with Crippen LogP contribution in [0.3, 0.4) is 0 Å². The zero-order valence-electron chi connectivity index (χ0n) is 14.1. The van der Waals surface area contributed by atoms with Gasteiger partial charge in [-0.05, 0) is 29.7 Å². The quantitative estimate of drug-likeness (QED) is 0.198. The van der Waals surface area contributed by atoms with Crippen molar-refractivity contribution in [2.45, 2.75) is 18.7 Å². The van der Waals surface area contributed by atoms with Crippen LogP contribution in [0, 0.1) is 29.1 Å². The molecule has 0 radical (unpaired) electrons. The smallest absolute Gasteiger partial charge is 0.240 e. The Balaban J connectivity index is 0.00000136. The van der Waals surface area contributed by atoms with E-state index >= 15 is 0 Å². The van der Waals surface area contributed by atoms with Crippen molar-refractivity contribution in [3.05, 3.63) is 63.7 Å². The summed E-state index contributed by atoms with van der Waals surface area (Å²) in [4.78, 5) is 3.68. The highest BCUT2D eigenvalue weighted by atomic mass is 35.5. The van der Waals surface area contributed by atoms with Gasteiger partial charge in [-0.1, -0.05) is 37.0 Å². The van der Waals surface area contributed by atoms with Gasteiger partial charge in [-0.15, -0.1) is 0 Å². The fraction of sp³-hybridized carbons (Fsp3) is 0.118. The number of nitrogens with zero attached hydrogens (tertiary/aromatic N) is 1. The average molecular weight is 458 g/mol. The first-order valence-corrected chi connectivity index (χ1v) is 9.41. The number of hydrogen-bond acceptors (Lipinski definition) is 3. The van der Waals surface area contributed by atoms with Crippen LogP contribution in [-0.4, -0.2) is 9.19 Å². The third kappa shape index (κ3) is 4.21. The van der Waals surface area contributed by atoms with Gasteiger partial charge >= 0.3 is 0 Å². The molecule has 0 aliphatic heterocycles. The predicted molar refractivity (Wildman–Crippen MR) is 96.4 cm³/mol. The topological polar surface area (TPSA) is 39.2 Å². The monoisotopic (exact) mass is 457 g/mol.